The summed E-state index contributed by atoms with van der Waals surface area (Å²) in [6, 6.07) is 5.76. The first-order chi connectivity index (χ1) is 9.60. The number of likely N-dealkylation sites (N-methyl/N-ethyl adjacent to an activating group) is 1. The smallest absolute Gasteiger partial charge is 0.323 e. The number of ether oxygens (including phenoxy) is 2. The molecule has 4 nitrogen and oxygen atoms in total. The first-order valence-corrected chi connectivity index (χ1v) is 7.19. The lowest BCUT2D eigenvalue weighted by molar-refractivity contribution is -0.146. The van der Waals surface area contributed by atoms with Crippen molar-refractivity contribution < 1.29 is 14.3 Å². The number of nitrogens with one attached hydrogen (secondary N) is 1. The van der Waals surface area contributed by atoms with E-state index in [1.54, 1.807) is 0 Å². The molecule has 0 radical (unpaired) electrons. The van der Waals surface area contributed by atoms with Crippen LogP contribution < -0.4 is 10.1 Å². The summed E-state index contributed by atoms with van der Waals surface area (Å²) in [5, 5.41) is 3.13. The number of esters is 1. The lowest BCUT2D eigenvalue weighted by Crippen LogP contribution is -2.39. The van der Waals surface area contributed by atoms with E-state index in [0.717, 1.165) is 23.4 Å². The van der Waals surface area contributed by atoms with Crippen molar-refractivity contribution in [3.8, 4) is 5.75 Å². The van der Waals surface area contributed by atoms with Gasteiger partial charge in [0.25, 0.3) is 0 Å². The number of hydrogen-bond donors (Lipinski definition) is 1. The third kappa shape index (κ3) is 4.85. The highest BCUT2D eigenvalue weighted by Crippen LogP contribution is 2.22. The molecule has 0 aliphatic rings. The Bertz CT molecular complexity index is 411. The van der Waals surface area contributed by atoms with Gasteiger partial charge >= 0.3 is 5.97 Å². The van der Waals surface area contributed by atoms with Gasteiger partial charge in [-0.15, -0.1) is 0 Å². The van der Waals surface area contributed by atoms with Gasteiger partial charge in [-0.2, -0.15) is 0 Å². The van der Waals surface area contributed by atoms with Crippen LogP contribution >= 0.6 is 0 Å². The molecule has 1 aromatic rings. The van der Waals surface area contributed by atoms with E-state index < -0.39 is 0 Å². The first kappa shape index (κ1) is 16.5. The summed E-state index contributed by atoms with van der Waals surface area (Å²) < 4.78 is 10.9. The van der Waals surface area contributed by atoms with Crippen molar-refractivity contribution in [2.75, 3.05) is 19.8 Å². The average Bonchev–Trinajstić information content (AvgIpc) is 2.41. The molecule has 0 aromatic heterocycles. The molecule has 0 spiro atoms. The molecule has 1 aromatic carbocycles. The second-order valence-corrected chi connectivity index (χ2v) is 4.72. The van der Waals surface area contributed by atoms with Crippen LogP contribution in [0.25, 0.3) is 0 Å². The fourth-order valence-electron chi connectivity index (χ4n) is 2.10. The number of hydrogen-bond acceptors (Lipinski definition) is 4. The summed E-state index contributed by atoms with van der Waals surface area (Å²) in [6.07, 6.45) is 0.598. The van der Waals surface area contributed by atoms with Crippen molar-refractivity contribution in [1.82, 2.24) is 5.32 Å². The zero-order valence-electron chi connectivity index (χ0n) is 12.9. The molecule has 1 atom stereocenters. The van der Waals surface area contributed by atoms with Crippen molar-refractivity contribution in [2.45, 2.75) is 40.2 Å². The molecule has 0 fully saturated rings. The van der Waals surface area contributed by atoms with Crippen LogP contribution in [0.3, 0.4) is 0 Å². The number of carbonyl (C=O) groups excluding carboxylic acids is 1. The van der Waals surface area contributed by atoms with Crippen LogP contribution in [0.5, 0.6) is 5.75 Å². The summed E-state index contributed by atoms with van der Waals surface area (Å²) in [5.74, 6) is 0.700. The van der Waals surface area contributed by atoms with Gasteiger partial charge in [-0.25, -0.2) is 0 Å². The third-order valence-corrected chi connectivity index (χ3v) is 3.08. The van der Waals surface area contributed by atoms with Crippen LogP contribution in [0.1, 0.15) is 31.4 Å². The van der Waals surface area contributed by atoms with Gasteiger partial charge in [-0.05, 0) is 38.4 Å². The van der Waals surface area contributed by atoms with E-state index in [9.17, 15) is 4.79 Å². The Morgan fingerprint density at radius 1 is 1.25 bits per heavy atom. The van der Waals surface area contributed by atoms with Crippen LogP contribution in [0.4, 0.5) is 0 Å². The van der Waals surface area contributed by atoms with Gasteiger partial charge in [0.15, 0.2) is 0 Å². The van der Waals surface area contributed by atoms with Gasteiger partial charge in [0, 0.05) is 6.42 Å². The zero-order chi connectivity index (χ0) is 15.0. The van der Waals surface area contributed by atoms with Crippen molar-refractivity contribution in [1.29, 1.82) is 0 Å². The number of carbonyl (C=O) groups is 1. The molecule has 0 bridgehead atoms. The third-order valence-electron chi connectivity index (χ3n) is 3.08. The molecular weight excluding hydrogens is 254 g/mol. The molecule has 0 aliphatic heterocycles. The molecule has 0 amide bonds. The van der Waals surface area contributed by atoms with Gasteiger partial charge in [-0.1, -0.05) is 25.1 Å². The van der Waals surface area contributed by atoms with Crippen LogP contribution in [0, 0.1) is 13.8 Å². The maximum Gasteiger partial charge on any atom is 0.323 e. The molecular formula is C16H25NO3. The van der Waals surface area contributed by atoms with Crippen LogP contribution in [0.15, 0.2) is 18.2 Å². The van der Waals surface area contributed by atoms with Gasteiger partial charge in [-0.3, -0.25) is 4.79 Å². The van der Waals surface area contributed by atoms with E-state index in [1.807, 2.05) is 45.9 Å². The Balaban J connectivity index is 2.54. The fourth-order valence-corrected chi connectivity index (χ4v) is 2.10. The number of para-hydroxylation sites is 1. The van der Waals surface area contributed by atoms with E-state index in [4.69, 9.17) is 9.47 Å². The van der Waals surface area contributed by atoms with E-state index in [-0.39, 0.29) is 12.0 Å². The summed E-state index contributed by atoms with van der Waals surface area (Å²) in [7, 11) is 0. The second-order valence-electron chi connectivity index (χ2n) is 4.72. The number of rotatable bonds is 8. The Morgan fingerprint density at radius 2 is 1.90 bits per heavy atom. The Kier molecular flexibility index (Phi) is 7.09. The minimum Gasteiger partial charge on any atom is -0.493 e. The summed E-state index contributed by atoms with van der Waals surface area (Å²) in [4.78, 5) is 11.8. The monoisotopic (exact) mass is 279 g/mol. The van der Waals surface area contributed by atoms with Crippen molar-refractivity contribution in [3.63, 3.8) is 0 Å². The van der Waals surface area contributed by atoms with E-state index >= 15 is 0 Å². The van der Waals surface area contributed by atoms with Crippen LogP contribution in [0.2, 0.25) is 0 Å². The minimum absolute atomic E-state index is 0.209. The maximum absolute atomic E-state index is 11.8. The highest BCUT2D eigenvalue weighted by molar-refractivity contribution is 5.75. The molecule has 4 heteroatoms. The van der Waals surface area contributed by atoms with Crippen molar-refractivity contribution in [2.24, 2.45) is 0 Å². The fraction of sp³-hybridized carbons (Fsp3) is 0.562. The largest absolute Gasteiger partial charge is 0.493 e. The Hall–Kier alpha value is -1.55. The Labute approximate surface area is 121 Å². The molecule has 1 unspecified atom stereocenters. The lowest BCUT2D eigenvalue weighted by Gasteiger charge is -2.17. The quantitative estimate of drug-likeness (QED) is 0.743. The molecule has 1 rings (SSSR count). The Morgan fingerprint density at radius 3 is 2.45 bits per heavy atom. The van der Waals surface area contributed by atoms with E-state index in [1.165, 1.54) is 0 Å². The topological polar surface area (TPSA) is 47.6 Å². The summed E-state index contributed by atoms with van der Waals surface area (Å²) in [5.41, 5.74) is 2.22. The predicted octanol–water partition coefficient (Wildman–Crippen LogP) is 2.61. The van der Waals surface area contributed by atoms with E-state index in [2.05, 4.69) is 5.32 Å². The van der Waals surface area contributed by atoms with Crippen LogP contribution in [-0.4, -0.2) is 31.8 Å². The van der Waals surface area contributed by atoms with E-state index in [0.29, 0.717) is 19.6 Å². The highest BCUT2D eigenvalue weighted by atomic mass is 16.5. The molecule has 0 saturated carbocycles. The molecule has 0 aliphatic carbocycles. The second kappa shape index (κ2) is 8.59. The maximum atomic E-state index is 11.8. The highest BCUT2D eigenvalue weighted by Gasteiger charge is 2.18. The number of benzene rings is 1. The standard InChI is InChI=1S/C16H25NO3/c1-5-17-14(16(18)19-6-2)10-11-20-15-12(3)8-7-9-13(15)4/h7-9,14,17H,5-6,10-11H2,1-4H3. The normalized spacial score (nSPS) is 12.0. The van der Waals surface area contributed by atoms with Crippen molar-refractivity contribution >= 4 is 5.97 Å². The average molecular weight is 279 g/mol. The van der Waals surface area contributed by atoms with Gasteiger partial charge in [0.1, 0.15) is 11.8 Å². The number of aryl methyl sites for hydroxylation is 2. The van der Waals surface area contributed by atoms with Crippen molar-refractivity contribution in [3.05, 3.63) is 29.3 Å². The summed E-state index contributed by atoms with van der Waals surface area (Å²) in [6.45, 7) is 9.45. The van der Waals surface area contributed by atoms with Crippen LogP contribution in [-0.2, 0) is 9.53 Å². The lowest BCUT2D eigenvalue weighted by atomic mass is 10.1. The zero-order valence-corrected chi connectivity index (χ0v) is 12.9. The predicted molar refractivity (Wildman–Crippen MR) is 80.1 cm³/mol. The molecule has 112 valence electrons. The molecule has 20 heavy (non-hydrogen) atoms. The van der Waals surface area contributed by atoms with Gasteiger partial charge in [0.2, 0.25) is 0 Å². The summed E-state index contributed by atoms with van der Waals surface area (Å²) >= 11 is 0. The van der Waals surface area contributed by atoms with Gasteiger partial charge in [0.05, 0.1) is 13.2 Å². The SMILES string of the molecule is CCNC(CCOc1c(C)cccc1C)C(=O)OCC. The first-order valence-electron chi connectivity index (χ1n) is 7.19. The minimum atomic E-state index is -0.302. The van der Waals surface area contributed by atoms with Gasteiger partial charge < -0.3 is 14.8 Å². The molecule has 0 saturated heterocycles. The molecule has 0 heterocycles. The molecule has 1 N–H and O–H groups in total.